The molecule has 27 heavy (non-hydrogen) atoms. The van der Waals surface area contributed by atoms with Gasteiger partial charge in [-0.1, -0.05) is 30.3 Å². The number of phosphoric acid groups is 1. The summed E-state index contributed by atoms with van der Waals surface area (Å²) in [7, 11) is -4.80. The number of ether oxygens (including phenoxy) is 1. The van der Waals surface area contributed by atoms with Crippen molar-refractivity contribution in [1.29, 1.82) is 0 Å². The molecule has 1 atom stereocenters. The maximum absolute atomic E-state index is 12.1. The quantitative estimate of drug-likeness (QED) is 0.276. The van der Waals surface area contributed by atoms with Crippen LogP contribution in [0.5, 0.6) is 5.88 Å². The third-order valence-corrected chi connectivity index (χ3v) is 4.22. The Hall–Kier alpha value is -3.20. The number of nitrogen functional groups attached to an aromatic ring is 1. The molecule has 0 saturated heterocycles. The molecule has 0 bridgehead atoms. The maximum Gasteiger partial charge on any atom is 0.531 e. The van der Waals surface area contributed by atoms with E-state index in [9.17, 15) is 19.0 Å². The van der Waals surface area contributed by atoms with Crippen LogP contribution in [0, 0.1) is 0 Å². The molecule has 140 valence electrons. The first-order chi connectivity index (χ1) is 12.9. The summed E-state index contributed by atoms with van der Waals surface area (Å²) in [6, 6.07) is 14.3. The van der Waals surface area contributed by atoms with Crippen LogP contribution >= 0.6 is 7.82 Å². The molecular weight excluding hydrogens is 377 g/mol. The molecule has 1 heterocycles. The van der Waals surface area contributed by atoms with Crippen LogP contribution in [0.25, 0.3) is 11.0 Å². The second-order valence-corrected chi connectivity index (χ2v) is 6.56. The van der Waals surface area contributed by atoms with Gasteiger partial charge in [0.05, 0.1) is 16.6 Å². The van der Waals surface area contributed by atoms with E-state index in [1.807, 2.05) is 0 Å². The van der Waals surface area contributed by atoms with Crippen molar-refractivity contribution >= 4 is 24.8 Å². The summed E-state index contributed by atoms with van der Waals surface area (Å²) in [4.78, 5) is 37.4. The highest BCUT2D eigenvalue weighted by Gasteiger charge is 2.27. The molecule has 0 aliphatic carbocycles. The highest BCUT2D eigenvalue weighted by atomic mass is 31.2. The number of nitrogens with zero attached hydrogens (tertiary/aromatic N) is 2. The molecule has 0 amide bonds. The minimum atomic E-state index is -4.80. The molecule has 0 fully saturated rings. The molecule has 10 nitrogen and oxygen atoms in total. The zero-order valence-corrected chi connectivity index (χ0v) is 14.6. The summed E-state index contributed by atoms with van der Waals surface area (Å²) in [5, 5.41) is 0. The van der Waals surface area contributed by atoms with Crippen LogP contribution in [-0.2, 0) is 13.8 Å². The second-order valence-electron chi connectivity index (χ2n) is 5.19. The van der Waals surface area contributed by atoms with Gasteiger partial charge in [0.25, 0.3) is 5.88 Å². The van der Waals surface area contributed by atoms with Crippen LogP contribution in [0.2, 0.25) is 0 Å². The topological polar surface area (TPSA) is 143 Å². The van der Waals surface area contributed by atoms with Crippen LogP contribution in [0.1, 0.15) is 10.4 Å². The number of carbonyl (C=O) groups excluding carboxylic acids is 1. The molecule has 3 rings (SSSR count). The van der Waals surface area contributed by atoms with Crippen molar-refractivity contribution in [3.8, 4) is 5.88 Å². The number of nitrogens with two attached hydrogens (primary N) is 1. The van der Waals surface area contributed by atoms with Gasteiger partial charge in [0, 0.05) is 0 Å². The Morgan fingerprint density at radius 3 is 2.56 bits per heavy atom. The van der Waals surface area contributed by atoms with E-state index in [1.54, 1.807) is 36.4 Å². The number of hydrogen-bond acceptors (Lipinski definition) is 8. The van der Waals surface area contributed by atoms with Crippen molar-refractivity contribution in [1.82, 2.24) is 9.66 Å². The maximum atomic E-state index is 12.1. The van der Waals surface area contributed by atoms with Crippen molar-refractivity contribution in [3.63, 3.8) is 0 Å². The number of benzene rings is 2. The molecule has 1 aromatic heterocycles. The SMILES string of the molecule is Nn1c(=O)c(OP(=O)(O)OCOC(=O)c2ccccc2)nc2ccccc21. The molecule has 3 N–H and O–H groups in total. The number of rotatable bonds is 6. The number of esters is 1. The minimum Gasteiger partial charge on any atom is -0.434 e. The molecular formula is C16H14N3O7P. The van der Waals surface area contributed by atoms with Gasteiger partial charge in [0.2, 0.25) is 6.79 Å². The molecule has 0 spiro atoms. The van der Waals surface area contributed by atoms with Crippen LogP contribution in [-0.4, -0.2) is 27.3 Å². The molecule has 3 aromatic rings. The summed E-state index contributed by atoms with van der Waals surface area (Å²) in [6.45, 7) is -0.869. The zero-order valence-electron chi connectivity index (χ0n) is 13.7. The Balaban J connectivity index is 1.69. The average Bonchev–Trinajstić information content (AvgIpc) is 2.66. The van der Waals surface area contributed by atoms with Crippen molar-refractivity contribution in [2.75, 3.05) is 12.6 Å². The van der Waals surface area contributed by atoms with Crippen LogP contribution < -0.4 is 15.9 Å². The van der Waals surface area contributed by atoms with E-state index in [0.717, 1.165) is 4.68 Å². The Bertz CT molecular complexity index is 1080. The van der Waals surface area contributed by atoms with Gasteiger partial charge in [-0.05, 0) is 24.3 Å². The fourth-order valence-corrected chi connectivity index (χ4v) is 2.71. The predicted octanol–water partition coefficient (Wildman–Crippen LogP) is 1.42. The first-order valence-corrected chi connectivity index (χ1v) is 9.03. The van der Waals surface area contributed by atoms with E-state index < -0.39 is 32.0 Å². The molecule has 11 heteroatoms. The summed E-state index contributed by atoms with van der Waals surface area (Å²) >= 11 is 0. The molecule has 1 unspecified atom stereocenters. The molecule has 0 aliphatic heterocycles. The Morgan fingerprint density at radius 1 is 1.15 bits per heavy atom. The molecule has 0 aliphatic rings. The monoisotopic (exact) mass is 391 g/mol. The predicted molar refractivity (Wildman–Crippen MR) is 94.4 cm³/mol. The lowest BCUT2D eigenvalue weighted by Gasteiger charge is -2.13. The van der Waals surface area contributed by atoms with Gasteiger partial charge in [0.1, 0.15) is 0 Å². The average molecular weight is 391 g/mol. The third-order valence-electron chi connectivity index (χ3n) is 3.38. The fourth-order valence-electron chi connectivity index (χ4n) is 2.13. The van der Waals surface area contributed by atoms with E-state index >= 15 is 0 Å². The second kappa shape index (κ2) is 7.58. The van der Waals surface area contributed by atoms with Gasteiger partial charge in [-0.3, -0.25) is 9.69 Å². The fraction of sp³-hybridized carbons (Fsp3) is 0.0625. The Labute approximate surface area is 152 Å². The summed E-state index contributed by atoms with van der Waals surface area (Å²) < 4.78 is 26.7. The largest absolute Gasteiger partial charge is 0.531 e. The van der Waals surface area contributed by atoms with Crippen molar-refractivity contribution in [2.45, 2.75) is 0 Å². The van der Waals surface area contributed by atoms with Crippen LogP contribution in [0.3, 0.4) is 0 Å². The van der Waals surface area contributed by atoms with Crippen molar-refractivity contribution in [3.05, 3.63) is 70.5 Å². The summed E-state index contributed by atoms with van der Waals surface area (Å²) in [6.07, 6.45) is 0. The van der Waals surface area contributed by atoms with Crippen molar-refractivity contribution in [2.24, 2.45) is 0 Å². The highest BCUT2D eigenvalue weighted by molar-refractivity contribution is 7.47. The van der Waals surface area contributed by atoms with Gasteiger partial charge >= 0.3 is 19.4 Å². The number of fused-ring (bicyclic) bond motifs is 1. The van der Waals surface area contributed by atoms with E-state index in [1.165, 1.54) is 18.2 Å². The smallest absolute Gasteiger partial charge is 0.434 e. The van der Waals surface area contributed by atoms with Crippen molar-refractivity contribution < 1.29 is 28.0 Å². The number of para-hydroxylation sites is 2. The van der Waals surface area contributed by atoms with Crippen LogP contribution in [0.15, 0.2) is 59.4 Å². The normalized spacial score (nSPS) is 13.1. The summed E-state index contributed by atoms with van der Waals surface area (Å²) in [5.74, 6) is 4.16. The Kier molecular flexibility index (Phi) is 5.22. The molecule has 0 saturated carbocycles. The van der Waals surface area contributed by atoms with Crippen LogP contribution in [0.4, 0.5) is 0 Å². The van der Waals surface area contributed by atoms with E-state index in [4.69, 9.17) is 10.6 Å². The first-order valence-electron chi connectivity index (χ1n) is 7.53. The third kappa shape index (κ3) is 4.32. The van der Waals surface area contributed by atoms with Gasteiger partial charge < -0.3 is 15.1 Å². The van der Waals surface area contributed by atoms with Gasteiger partial charge in [-0.15, -0.1) is 0 Å². The summed E-state index contributed by atoms with van der Waals surface area (Å²) in [5.41, 5.74) is -0.129. The van der Waals surface area contributed by atoms with E-state index in [2.05, 4.69) is 14.0 Å². The lowest BCUT2D eigenvalue weighted by atomic mass is 10.2. The number of aromatic nitrogens is 2. The number of hydrogen-bond donors (Lipinski definition) is 2. The molecule has 2 aromatic carbocycles. The lowest BCUT2D eigenvalue weighted by molar-refractivity contribution is 0.00718. The van der Waals surface area contributed by atoms with E-state index in [-0.39, 0.29) is 11.1 Å². The lowest BCUT2D eigenvalue weighted by Crippen LogP contribution is -2.29. The van der Waals surface area contributed by atoms with Gasteiger partial charge in [0.15, 0.2) is 0 Å². The minimum absolute atomic E-state index is 0.233. The van der Waals surface area contributed by atoms with Gasteiger partial charge in [-0.2, -0.15) is 0 Å². The number of phosphoric ester groups is 1. The highest BCUT2D eigenvalue weighted by Crippen LogP contribution is 2.42. The standard InChI is InChI=1S/C16H14N3O7P/c17-19-13-9-5-4-8-12(13)18-14(15(19)20)26-27(22,23)25-10-24-16(21)11-6-2-1-3-7-11/h1-9H,10,17H2,(H,22,23). The first kappa shape index (κ1) is 18.6. The van der Waals surface area contributed by atoms with E-state index in [0.29, 0.717) is 5.52 Å². The zero-order chi connectivity index (χ0) is 19.4. The van der Waals surface area contributed by atoms with Gasteiger partial charge in [-0.25, -0.2) is 23.5 Å². The number of carbonyl (C=O) groups is 1. The molecule has 0 radical (unpaired) electrons. The Morgan fingerprint density at radius 2 is 1.81 bits per heavy atom.